The Balaban J connectivity index is 2.01. The largest absolute Gasteiger partial charge is 0.350 e. The third-order valence-corrected chi connectivity index (χ3v) is 4.32. The van der Waals surface area contributed by atoms with Crippen LogP contribution in [0.15, 0.2) is 48.5 Å². The molecule has 0 bridgehead atoms. The maximum Gasteiger partial charge on any atom is 0.253 e. The lowest BCUT2D eigenvalue weighted by Crippen LogP contribution is -2.49. The van der Waals surface area contributed by atoms with Crippen LogP contribution in [0.3, 0.4) is 0 Å². The fourth-order valence-electron chi connectivity index (χ4n) is 2.30. The SMILES string of the molecule is CC(C)[C@H](NC(=O)c1ccccc1Cl)C(=O)NCc1ccc(Cl)cc1. The lowest BCUT2D eigenvalue weighted by Gasteiger charge is -2.22. The number of carbonyl (C=O) groups is 2. The van der Waals surface area contributed by atoms with Crippen LogP contribution >= 0.6 is 23.2 Å². The molecule has 0 saturated heterocycles. The molecule has 132 valence electrons. The molecular formula is C19H20Cl2N2O2. The molecule has 2 aromatic carbocycles. The van der Waals surface area contributed by atoms with Gasteiger partial charge in [-0.15, -0.1) is 0 Å². The summed E-state index contributed by atoms with van der Waals surface area (Å²) in [5.74, 6) is -0.687. The van der Waals surface area contributed by atoms with Crippen LogP contribution in [0.4, 0.5) is 0 Å². The molecule has 2 rings (SSSR count). The molecule has 2 aromatic rings. The van der Waals surface area contributed by atoms with Crippen molar-refractivity contribution < 1.29 is 9.59 Å². The Morgan fingerprint density at radius 1 is 1.00 bits per heavy atom. The quantitative estimate of drug-likeness (QED) is 0.795. The second-order valence-electron chi connectivity index (χ2n) is 6.02. The van der Waals surface area contributed by atoms with E-state index in [-0.39, 0.29) is 17.7 Å². The topological polar surface area (TPSA) is 58.2 Å². The van der Waals surface area contributed by atoms with Crippen molar-refractivity contribution in [2.45, 2.75) is 26.4 Å². The van der Waals surface area contributed by atoms with Crippen LogP contribution in [0, 0.1) is 5.92 Å². The van der Waals surface area contributed by atoms with Gasteiger partial charge in [-0.25, -0.2) is 0 Å². The number of nitrogens with one attached hydrogen (secondary N) is 2. The van der Waals surface area contributed by atoms with Gasteiger partial charge in [-0.1, -0.05) is 61.3 Å². The summed E-state index contributed by atoms with van der Waals surface area (Å²) in [5.41, 5.74) is 1.28. The molecule has 0 aromatic heterocycles. The minimum atomic E-state index is -0.656. The Labute approximate surface area is 157 Å². The molecule has 0 aliphatic heterocycles. The molecule has 2 amide bonds. The average Bonchev–Trinajstić information content (AvgIpc) is 2.58. The third-order valence-electron chi connectivity index (χ3n) is 3.73. The highest BCUT2D eigenvalue weighted by Gasteiger charge is 2.25. The van der Waals surface area contributed by atoms with E-state index < -0.39 is 6.04 Å². The summed E-state index contributed by atoms with van der Waals surface area (Å²) < 4.78 is 0. The summed E-state index contributed by atoms with van der Waals surface area (Å²) in [7, 11) is 0. The van der Waals surface area contributed by atoms with E-state index in [1.54, 1.807) is 36.4 Å². The van der Waals surface area contributed by atoms with Gasteiger partial charge in [0.25, 0.3) is 5.91 Å². The van der Waals surface area contributed by atoms with Gasteiger partial charge in [0.2, 0.25) is 5.91 Å². The summed E-state index contributed by atoms with van der Waals surface area (Å²) in [6, 6.07) is 13.3. The van der Waals surface area contributed by atoms with Gasteiger partial charge in [-0.3, -0.25) is 9.59 Å². The van der Waals surface area contributed by atoms with Crippen LogP contribution in [0.1, 0.15) is 29.8 Å². The normalized spacial score (nSPS) is 11.9. The zero-order chi connectivity index (χ0) is 18.4. The molecule has 25 heavy (non-hydrogen) atoms. The van der Waals surface area contributed by atoms with Crippen molar-refractivity contribution in [3.05, 3.63) is 69.7 Å². The van der Waals surface area contributed by atoms with Crippen LogP contribution < -0.4 is 10.6 Å². The van der Waals surface area contributed by atoms with Gasteiger partial charge in [-0.2, -0.15) is 0 Å². The van der Waals surface area contributed by atoms with E-state index in [1.165, 1.54) is 0 Å². The second-order valence-corrected chi connectivity index (χ2v) is 6.86. The van der Waals surface area contributed by atoms with Crippen molar-refractivity contribution >= 4 is 35.0 Å². The summed E-state index contributed by atoms with van der Waals surface area (Å²) in [6.45, 7) is 4.11. The van der Waals surface area contributed by atoms with Crippen molar-refractivity contribution in [1.29, 1.82) is 0 Å². The molecule has 4 nitrogen and oxygen atoms in total. The predicted octanol–water partition coefficient (Wildman–Crippen LogP) is 4.06. The van der Waals surface area contributed by atoms with Gasteiger partial charge in [0.05, 0.1) is 10.6 Å². The molecular weight excluding hydrogens is 359 g/mol. The van der Waals surface area contributed by atoms with Crippen molar-refractivity contribution in [3.8, 4) is 0 Å². The lowest BCUT2D eigenvalue weighted by atomic mass is 10.0. The van der Waals surface area contributed by atoms with Crippen molar-refractivity contribution in [1.82, 2.24) is 10.6 Å². The molecule has 0 fully saturated rings. The van der Waals surface area contributed by atoms with E-state index in [0.717, 1.165) is 5.56 Å². The summed E-state index contributed by atoms with van der Waals surface area (Å²) >= 11 is 11.9. The molecule has 1 atom stereocenters. The maximum atomic E-state index is 12.5. The van der Waals surface area contributed by atoms with E-state index in [2.05, 4.69) is 10.6 Å². The first-order valence-corrected chi connectivity index (χ1v) is 8.71. The van der Waals surface area contributed by atoms with Crippen LogP contribution in [-0.2, 0) is 11.3 Å². The van der Waals surface area contributed by atoms with Crippen molar-refractivity contribution in [2.24, 2.45) is 5.92 Å². The number of hydrogen-bond donors (Lipinski definition) is 2. The molecule has 0 aliphatic carbocycles. The van der Waals surface area contributed by atoms with Gasteiger partial charge < -0.3 is 10.6 Å². The van der Waals surface area contributed by atoms with E-state index in [9.17, 15) is 9.59 Å². The van der Waals surface area contributed by atoms with E-state index >= 15 is 0 Å². The highest BCUT2D eigenvalue weighted by Crippen LogP contribution is 2.15. The van der Waals surface area contributed by atoms with Crippen LogP contribution in [0.2, 0.25) is 10.0 Å². The number of hydrogen-bond acceptors (Lipinski definition) is 2. The second kappa shape index (κ2) is 8.88. The molecule has 6 heteroatoms. The first kappa shape index (κ1) is 19.3. The molecule has 2 N–H and O–H groups in total. The standard InChI is InChI=1S/C19H20Cl2N2O2/c1-12(2)17(23-18(24)15-5-3-4-6-16(15)21)19(25)22-11-13-7-9-14(20)10-8-13/h3-10,12,17H,11H2,1-2H3,(H,22,25)(H,23,24)/t17-/m0/s1. The number of benzene rings is 2. The van der Waals surface area contributed by atoms with Gasteiger partial charge in [0, 0.05) is 11.6 Å². The van der Waals surface area contributed by atoms with Gasteiger partial charge in [0.1, 0.15) is 6.04 Å². The first-order valence-electron chi connectivity index (χ1n) is 7.96. The van der Waals surface area contributed by atoms with E-state index in [4.69, 9.17) is 23.2 Å². The predicted molar refractivity (Wildman–Crippen MR) is 101 cm³/mol. The van der Waals surface area contributed by atoms with Crippen LogP contribution in [-0.4, -0.2) is 17.9 Å². The smallest absolute Gasteiger partial charge is 0.253 e. The van der Waals surface area contributed by atoms with E-state index in [1.807, 2.05) is 26.0 Å². The number of amides is 2. The Hall–Kier alpha value is -2.04. The lowest BCUT2D eigenvalue weighted by molar-refractivity contribution is -0.124. The van der Waals surface area contributed by atoms with Gasteiger partial charge in [-0.05, 0) is 35.7 Å². The van der Waals surface area contributed by atoms with Crippen molar-refractivity contribution in [2.75, 3.05) is 0 Å². The Kier molecular flexibility index (Phi) is 6.85. The number of carbonyl (C=O) groups excluding carboxylic acids is 2. The molecule has 0 radical (unpaired) electrons. The fraction of sp³-hybridized carbons (Fsp3) is 0.263. The van der Waals surface area contributed by atoms with Crippen LogP contribution in [0.5, 0.6) is 0 Å². The summed E-state index contributed by atoms with van der Waals surface area (Å²) in [6.07, 6.45) is 0. The highest BCUT2D eigenvalue weighted by atomic mass is 35.5. The Morgan fingerprint density at radius 2 is 1.64 bits per heavy atom. The minimum Gasteiger partial charge on any atom is -0.350 e. The fourth-order valence-corrected chi connectivity index (χ4v) is 2.65. The zero-order valence-electron chi connectivity index (χ0n) is 14.1. The van der Waals surface area contributed by atoms with Gasteiger partial charge in [0.15, 0.2) is 0 Å². The molecule has 0 saturated carbocycles. The maximum absolute atomic E-state index is 12.5. The van der Waals surface area contributed by atoms with E-state index in [0.29, 0.717) is 22.2 Å². The monoisotopic (exact) mass is 378 g/mol. The van der Waals surface area contributed by atoms with Crippen LogP contribution in [0.25, 0.3) is 0 Å². The number of halogens is 2. The van der Waals surface area contributed by atoms with Gasteiger partial charge >= 0.3 is 0 Å². The third kappa shape index (κ3) is 5.48. The number of rotatable bonds is 6. The first-order chi connectivity index (χ1) is 11.9. The van der Waals surface area contributed by atoms with Crippen molar-refractivity contribution in [3.63, 3.8) is 0 Å². The Bertz CT molecular complexity index is 745. The molecule has 0 unspecified atom stereocenters. The molecule has 0 spiro atoms. The molecule has 0 aliphatic rings. The Morgan fingerprint density at radius 3 is 2.24 bits per heavy atom. The average molecular weight is 379 g/mol. The highest BCUT2D eigenvalue weighted by molar-refractivity contribution is 6.33. The summed E-state index contributed by atoms with van der Waals surface area (Å²) in [5, 5.41) is 6.60. The minimum absolute atomic E-state index is 0.0725. The summed E-state index contributed by atoms with van der Waals surface area (Å²) in [4.78, 5) is 24.9. The molecule has 0 heterocycles. The zero-order valence-corrected chi connectivity index (χ0v) is 15.6.